The first-order valence-electron chi connectivity index (χ1n) is 9.82. The summed E-state index contributed by atoms with van der Waals surface area (Å²) in [4.78, 5) is 17.0. The Morgan fingerprint density at radius 3 is 2.80 bits per heavy atom. The Bertz CT molecular complexity index is 627. The molecular weight excluding hydrogens is 316 g/mol. The van der Waals surface area contributed by atoms with Crippen LogP contribution in [0.5, 0.6) is 0 Å². The van der Waals surface area contributed by atoms with Crippen molar-refractivity contribution >= 4 is 5.91 Å². The van der Waals surface area contributed by atoms with Gasteiger partial charge in [-0.15, -0.1) is 0 Å². The van der Waals surface area contributed by atoms with E-state index in [9.17, 15) is 9.90 Å². The van der Waals surface area contributed by atoms with Gasteiger partial charge < -0.3 is 10.0 Å². The molecule has 138 valence electrons. The fraction of sp³-hybridized carbons (Fsp3) is 0.789. The van der Waals surface area contributed by atoms with Crippen LogP contribution in [0.15, 0.2) is 12.4 Å². The third-order valence-corrected chi connectivity index (χ3v) is 6.54. The van der Waals surface area contributed by atoms with E-state index in [1.807, 2.05) is 15.8 Å². The molecule has 3 aliphatic rings. The number of aromatic nitrogens is 2. The number of carbonyl (C=O) groups excluding carboxylic acids is 1. The van der Waals surface area contributed by atoms with Gasteiger partial charge >= 0.3 is 0 Å². The van der Waals surface area contributed by atoms with Crippen LogP contribution in [0.3, 0.4) is 0 Å². The molecule has 0 aromatic carbocycles. The second-order valence-corrected chi connectivity index (χ2v) is 8.15. The number of likely N-dealkylation sites (tertiary alicyclic amines) is 2. The predicted octanol–water partition coefficient (Wildman–Crippen LogP) is 1.49. The molecule has 0 unspecified atom stereocenters. The number of fused-ring (bicyclic) bond motifs is 1. The molecule has 6 heteroatoms. The van der Waals surface area contributed by atoms with Crippen molar-refractivity contribution in [2.45, 2.75) is 57.7 Å². The largest absolute Gasteiger partial charge is 0.389 e. The molecule has 25 heavy (non-hydrogen) atoms. The van der Waals surface area contributed by atoms with Crippen LogP contribution in [0.25, 0.3) is 0 Å². The number of nitrogens with zero attached hydrogens (tertiary/aromatic N) is 4. The molecule has 0 bridgehead atoms. The van der Waals surface area contributed by atoms with Crippen LogP contribution in [0.1, 0.15) is 44.6 Å². The molecule has 1 N–H and O–H groups in total. The number of aliphatic hydroxyl groups is 1. The van der Waals surface area contributed by atoms with Crippen LogP contribution in [-0.4, -0.2) is 62.4 Å². The highest BCUT2D eigenvalue weighted by Crippen LogP contribution is 2.37. The number of rotatable bonds is 4. The summed E-state index contributed by atoms with van der Waals surface area (Å²) >= 11 is 0. The summed E-state index contributed by atoms with van der Waals surface area (Å²) in [6, 6.07) is 0. The highest BCUT2D eigenvalue weighted by molar-refractivity contribution is 5.79. The van der Waals surface area contributed by atoms with E-state index in [0.29, 0.717) is 5.91 Å². The number of amides is 1. The molecule has 1 aromatic rings. The number of hydrogen-bond acceptors (Lipinski definition) is 4. The van der Waals surface area contributed by atoms with E-state index >= 15 is 0 Å². The van der Waals surface area contributed by atoms with Crippen molar-refractivity contribution in [3.63, 3.8) is 0 Å². The van der Waals surface area contributed by atoms with Gasteiger partial charge in [-0.2, -0.15) is 5.10 Å². The summed E-state index contributed by atoms with van der Waals surface area (Å²) in [6.07, 6.45) is 8.89. The summed E-state index contributed by atoms with van der Waals surface area (Å²) in [5.41, 5.74) is 0.644. The molecule has 1 amide bonds. The molecule has 1 aliphatic carbocycles. The number of hydrogen-bond donors (Lipinski definition) is 1. The zero-order chi connectivity index (χ0) is 17.4. The van der Waals surface area contributed by atoms with E-state index < -0.39 is 5.60 Å². The molecule has 4 rings (SSSR count). The molecule has 1 aromatic heterocycles. The molecule has 0 radical (unpaired) electrons. The number of piperidine rings is 2. The van der Waals surface area contributed by atoms with Crippen molar-refractivity contribution in [2.75, 3.05) is 26.2 Å². The summed E-state index contributed by atoms with van der Waals surface area (Å²) in [6.45, 7) is 7.09. The van der Waals surface area contributed by atoms with Gasteiger partial charge in [-0.1, -0.05) is 6.42 Å². The lowest BCUT2D eigenvalue weighted by atomic mass is 9.75. The predicted molar refractivity (Wildman–Crippen MR) is 94.8 cm³/mol. The summed E-state index contributed by atoms with van der Waals surface area (Å²) in [5, 5.41) is 15.4. The Kier molecular flexibility index (Phi) is 4.58. The Labute approximate surface area is 149 Å². The molecular formula is C19H30N4O2. The van der Waals surface area contributed by atoms with Crippen molar-refractivity contribution in [3.05, 3.63) is 18.0 Å². The Hall–Kier alpha value is -1.40. The van der Waals surface area contributed by atoms with Crippen LogP contribution in [0.2, 0.25) is 0 Å². The topological polar surface area (TPSA) is 61.6 Å². The zero-order valence-corrected chi connectivity index (χ0v) is 15.2. The van der Waals surface area contributed by atoms with E-state index in [1.54, 1.807) is 0 Å². The van der Waals surface area contributed by atoms with Crippen LogP contribution in [0, 0.1) is 11.8 Å². The molecule has 3 heterocycles. The van der Waals surface area contributed by atoms with Gasteiger partial charge in [-0.3, -0.25) is 14.4 Å². The van der Waals surface area contributed by atoms with Crippen molar-refractivity contribution in [3.8, 4) is 0 Å². The fourth-order valence-electron chi connectivity index (χ4n) is 4.55. The van der Waals surface area contributed by atoms with E-state index in [1.165, 1.54) is 12.0 Å². The average molecular weight is 346 g/mol. The van der Waals surface area contributed by atoms with Crippen molar-refractivity contribution in [1.29, 1.82) is 0 Å². The van der Waals surface area contributed by atoms with Gasteiger partial charge in [0.05, 0.1) is 11.8 Å². The minimum Gasteiger partial charge on any atom is -0.389 e. The lowest BCUT2D eigenvalue weighted by Crippen LogP contribution is -2.61. The Morgan fingerprint density at radius 2 is 2.12 bits per heavy atom. The number of carbonyl (C=O) groups is 1. The van der Waals surface area contributed by atoms with Gasteiger partial charge in [-0.05, 0) is 32.6 Å². The quantitative estimate of drug-likeness (QED) is 0.897. The monoisotopic (exact) mass is 346 g/mol. The smallest absolute Gasteiger partial charge is 0.225 e. The molecule has 6 nitrogen and oxygen atoms in total. The fourth-order valence-corrected chi connectivity index (χ4v) is 4.55. The van der Waals surface area contributed by atoms with Crippen molar-refractivity contribution in [2.24, 2.45) is 11.8 Å². The maximum Gasteiger partial charge on any atom is 0.225 e. The Morgan fingerprint density at radius 1 is 1.32 bits per heavy atom. The minimum atomic E-state index is -0.583. The number of aryl methyl sites for hydroxylation is 1. The van der Waals surface area contributed by atoms with Gasteiger partial charge in [0.15, 0.2) is 0 Å². The first kappa shape index (κ1) is 17.0. The van der Waals surface area contributed by atoms with Gasteiger partial charge in [0.25, 0.3) is 0 Å². The van der Waals surface area contributed by atoms with Crippen LogP contribution < -0.4 is 0 Å². The van der Waals surface area contributed by atoms with E-state index in [4.69, 9.17) is 0 Å². The van der Waals surface area contributed by atoms with Crippen LogP contribution >= 0.6 is 0 Å². The van der Waals surface area contributed by atoms with Gasteiger partial charge in [0.2, 0.25) is 5.91 Å². The Balaban J connectivity index is 1.38. The van der Waals surface area contributed by atoms with E-state index in [0.717, 1.165) is 65.0 Å². The van der Waals surface area contributed by atoms with Crippen LogP contribution in [-0.2, 0) is 17.9 Å². The molecule has 2 atom stereocenters. The third-order valence-electron chi connectivity index (χ3n) is 6.54. The minimum absolute atomic E-state index is 0.167. The van der Waals surface area contributed by atoms with Crippen molar-refractivity contribution < 1.29 is 9.90 Å². The molecule has 0 spiro atoms. The SMILES string of the molecule is CCn1cc(CN2CC[C@@]3(O)CCN(C(=O)C4CCC4)C[C@H]3C2)cn1. The third kappa shape index (κ3) is 3.34. The van der Waals surface area contributed by atoms with Gasteiger partial charge in [-0.25, -0.2) is 0 Å². The molecule has 2 saturated heterocycles. The summed E-state index contributed by atoms with van der Waals surface area (Å²) < 4.78 is 1.95. The zero-order valence-electron chi connectivity index (χ0n) is 15.2. The maximum atomic E-state index is 12.6. The second kappa shape index (κ2) is 6.72. The van der Waals surface area contributed by atoms with E-state index in [-0.39, 0.29) is 11.8 Å². The standard InChI is InChI=1S/C19H30N4O2/c1-2-23-12-15(10-20-23)11-21-8-6-19(25)7-9-22(14-17(19)13-21)18(24)16-4-3-5-16/h10,12,16-17,25H,2-9,11,13-14H2,1H3/t17-,19-/m1/s1. The van der Waals surface area contributed by atoms with Crippen LogP contribution in [0.4, 0.5) is 0 Å². The lowest BCUT2D eigenvalue weighted by molar-refractivity contribution is -0.153. The molecule has 3 fully saturated rings. The molecule has 1 saturated carbocycles. The van der Waals surface area contributed by atoms with Gasteiger partial charge in [0, 0.05) is 62.9 Å². The molecule has 2 aliphatic heterocycles. The summed E-state index contributed by atoms with van der Waals surface area (Å²) in [5.74, 6) is 0.751. The van der Waals surface area contributed by atoms with E-state index in [2.05, 4.69) is 23.1 Å². The average Bonchev–Trinajstić information content (AvgIpc) is 3.00. The van der Waals surface area contributed by atoms with Crippen molar-refractivity contribution in [1.82, 2.24) is 19.6 Å². The second-order valence-electron chi connectivity index (χ2n) is 8.15. The summed E-state index contributed by atoms with van der Waals surface area (Å²) in [7, 11) is 0. The first-order valence-corrected chi connectivity index (χ1v) is 9.82. The van der Waals surface area contributed by atoms with Gasteiger partial charge in [0.1, 0.15) is 0 Å². The highest BCUT2D eigenvalue weighted by atomic mass is 16.3. The normalized spacial score (nSPS) is 30.8. The first-order chi connectivity index (χ1) is 12.1. The lowest BCUT2D eigenvalue weighted by Gasteiger charge is -2.51. The highest BCUT2D eigenvalue weighted by Gasteiger charge is 2.46. The maximum absolute atomic E-state index is 12.6.